The van der Waals surface area contributed by atoms with Gasteiger partial charge in [0, 0.05) is 39.3 Å². The largest absolute Gasteiger partial charge is 0.329 e. The third kappa shape index (κ3) is 6.69. The van der Waals surface area contributed by atoms with Gasteiger partial charge < -0.3 is 11.1 Å². The summed E-state index contributed by atoms with van der Waals surface area (Å²) < 4.78 is 0. The number of benzene rings is 1. The Hall–Kier alpha value is -0.560. The van der Waals surface area contributed by atoms with Gasteiger partial charge in [-0.25, -0.2) is 0 Å². The number of hydrogen-bond acceptors (Lipinski definition) is 4. The van der Waals surface area contributed by atoms with E-state index >= 15 is 0 Å². The lowest BCUT2D eigenvalue weighted by atomic mass is 10.3. The van der Waals surface area contributed by atoms with Crippen molar-refractivity contribution >= 4 is 48.0 Å². The Bertz CT molecular complexity index is 453. The molecule has 1 aliphatic heterocycles. The molecule has 0 unspecified atom stereocenters. The number of para-hydroxylation sites is 1. The Morgan fingerprint density at radius 2 is 1.73 bits per heavy atom. The maximum absolute atomic E-state index is 12.0. The molecule has 1 heterocycles. The van der Waals surface area contributed by atoms with Crippen LogP contribution in [-0.4, -0.2) is 61.5 Å². The minimum absolute atomic E-state index is 0. The fourth-order valence-electron chi connectivity index (χ4n) is 2.31. The summed E-state index contributed by atoms with van der Waals surface area (Å²) in [5.74, 6) is -0.0228. The summed E-state index contributed by atoms with van der Waals surface area (Å²) in [4.78, 5) is 16.5. The van der Waals surface area contributed by atoms with E-state index in [9.17, 15) is 4.79 Å². The monoisotopic (exact) mass is 368 g/mol. The third-order valence-corrected chi connectivity index (χ3v) is 3.75. The van der Waals surface area contributed by atoms with Crippen LogP contribution in [0.15, 0.2) is 24.3 Å². The van der Waals surface area contributed by atoms with Gasteiger partial charge in [0.1, 0.15) is 0 Å². The fourth-order valence-corrected chi connectivity index (χ4v) is 2.49. The molecule has 1 amide bonds. The van der Waals surface area contributed by atoms with Crippen LogP contribution in [0, 0.1) is 0 Å². The average molecular weight is 370 g/mol. The van der Waals surface area contributed by atoms with Gasteiger partial charge in [0.05, 0.1) is 17.3 Å². The van der Waals surface area contributed by atoms with Crippen LogP contribution in [0.3, 0.4) is 0 Å². The molecule has 0 saturated carbocycles. The lowest BCUT2D eigenvalue weighted by Gasteiger charge is -2.33. The maximum atomic E-state index is 12.0. The Morgan fingerprint density at radius 3 is 2.32 bits per heavy atom. The van der Waals surface area contributed by atoms with E-state index in [1.54, 1.807) is 12.1 Å². The lowest BCUT2D eigenvalue weighted by Crippen LogP contribution is -2.49. The summed E-state index contributed by atoms with van der Waals surface area (Å²) >= 11 is 6.02. The zero-order chi connectivity index (χ0) is 14.4. The van der Waals surface area contributed by atoms with Gasteiger partial charge in [0.25, 0.3) is 0 Å². The van der Waals surface area contributed by atoms with Crippen molar-refractivity contribution in [3.05, 3.63) is 29.3 Å². The van der Waals surface area contributed by atoms with E-state index in [0.29, 0.717) is 23.8 Å². The number of amides is 1. The predicted molar refractivity (Wildman–Crippen MR) is 96.5 cm³/mol. The molecule has 0 spiro atoms. The van der Waals surface area contributed by atoms with E-state index in [1.165, 1.54) is 0 Å². The first kappa shape index (κ1) is 21.4. The molecule has 22 heavy (non-hydrogen) atoms. The molecule has 0 radical (unpaired) electrons. The minimum Gasteiger partial charge on any atom is -0.329 e. The molecule has 0 aromatic heterocycles. The van der Waals surface area contributed by atoms with Crippen molar-refractivity contribution in [2.45, 2.75) is 0 Å². The Balaban J connectivity index is 0.00000220. The van der Waals surface area contributed by atoms with Crippen LogP contribution < -0.4 is 11.1 Å². The quantitative estimate of drug-likeness (QED) is 0.829. The van der Waals surface area contributed by atoms with Gasteiger partial charge in [-0.1, -0.05) is 23.7 Å². The summed E-state index contributed by atoms with van der Waals surface area (Å²) in [5, 5.41) is 3.41. The van der Waals surface area contributed by atoms with E-state index in [0.717, 1.165) is 32.7 Å². The first-order valence-corrected chi connectivity index (χ1v) is 7.26. The molecule has 2 rings (SSSR count). The van der Waals surface area contributed by atoms with Crippen LogP contribution in [0.1, 0.15) is 0 Å². The second kappa shape index (κ2) is 11.0. The predicted octanol–water partition coefficient (Wildman–Crippen LogP) is 1.70. The van der Waals surface area contributed by atoms with Gasteiger partial charge in [-0.15, -0.1) is 24.8 Å². The number of nitrogens with zero attached hydrogens (tertiary/aromatic N) is 2. The van der Waals surface area contributed by atoms with Crippen molar-refractivity contribution in [3.8, 4) is 0 Å². The topological polar surface area (TPSA) is 61.6 Å². The van der Waals surface area contributed by atoms with Crippen LogP contribution in [-0.2, 0) is 4.79 Å². The molecule has 5 nitrogen and oxygen atoms in total. The summed E-state index contributed by atoms with van der Waals surface area (Å²) in [6.45, 7) is 5.76. The first-order chi connectivity index (χ1) is 9.69. The van der Waals surface area contributed by atoms with Crippen molar-refractivity contribution < 1.29 is 4.79 Å². The highest BCUT2D eigenvalue weighted by Crippen LogP contribution is 2.20. The van der Waals surface area contributed by atoms with Gasteiger partial charge in [0.2, 0.25) is 5.91 Å². The van der Waals surface area contributed by atoms with Crippen molar-refractivity contribution in [2.24, 2.45) is 5.73 Å². The standard InChI is InChI=1S/C14H21ClN4O.2ClH/c15-12-3-1-2-4-13(12)17-14(20)11-19-9-7-18(6-5-16)8-10-19;;/h1-4H,5-11,16H2,(H,17,20);2*1H. The van der Waals surface area contributed by atoms with Gasteiger partial charge in [0.15, 0.2) is 0 Å². The van der Waals surface area contributed by atoms with Crippen molar-refractivity contribution in [3.63, 3.8) is 0 Å². The number of piperazine rings is 1. The number of halogens is 3. The summed E-state index contributed by atoms with van der Waals surface area (Å²) in [5.41, 5.74) is 6.21. The Kier molecular flexibility index (Phi) is 10.8. The normalized spacial score (nSPS) is 15.5. The van der Waals surface area contributed by atoms with Gasteiger partial charge in [-0.3, -0.25) is 14.6 Å². The second-order valence-electron chi connectivity index (χ2n) is 4.93. The molecule has 1 aliphatic rings. The van der Waals surface area contributed by atoms with Crippen LogP contribution in [0.2, 0.25) is 5.02 Å². The molecule has 1 aromatic carbocycles. The molecule has 3 N–H and O–H groups in total. The van der Waals surface area contributed by atoms with Gasteiger partial charge in [-0.05, 0) is 12.1 Å². The fraction of sp³-hybridized carbons (Fsp3) is 0.500. The second-order valence-corrected chi connectivity index (χ2v) is 5.34. The van der Waals surface area contributed by atoms with E-state index in [1.807, 2.05) is 12.1 Å². The third-order valence-electron chi connectivity index (χ3n) is 3.43. The molecule has 8 heteroatoms. The maximum Gasteiger partial charge on any atom is 0.238 e. The highest BCUT2D eigenvalue weighted by atomic mass is 35.5. The van der Waals surface area contributed by atoms with Crippen LogP contribution >= 0.6 is 36.4 Å². The number of carbonyl (C=O) groups excluding carboxylic acids is 1. The molecule has 0 atom stereocenters. The molecule has 0 bridgehead atoms. The summed E-state index contributed by atoms with van der Waals surface area (Å²) in [7, 11) is 0. The number of carbonyl (C=O) groups is 1. The zero-order valence-corrected chi connectivity index (χ0v) is 14.7. The van der Waals surface area contributed by atoms with Crippen molar-refractivity contribution in [1.82, 2.24) is 9.80 Å². The van der Waals surface area contributed by atoms with Gasteiger partial charge >= 0.3 is 0 Å². The summed E-state index contributed by atoms with van der Waals surface area (Å²) in [6.07, 6.45) is 0. The van der Waals surface area contributed by atoms with Crippen LogP contribution in [0.25, 0.3) is 0 Å². The molecular formula is C14H23Cl3N4O. The lowest BCUT2D eigenvalue weighted by molar-refractivity contribution is -0.117. The smallest absolute Gasteiger partial charge is 0.238 e. The number of hydrogen-bond donors (Lipinski definition) is 2. The number of nitrogens with one attached hydrogen (secondary N) is 1. The molecule has 1 aromatic rings. The van der Waals surface area contributed by atoms with E-state index in [-0.39, 0.29) is 30.7 Å². The Labute approximate surface area is 149 Å². The van der Waals surface area contributed by atoms with Crippen LogP contribution in [0.4, 0.5) is 5.69 Å². The highest BCUT2D eigenvalue weighted by molar-refractivity contribution is 6.33. The average Bonchev–Trinajstić information content (AvgIpc) is 2.44. The SMILES string of the molecule is Cl.Cl.NCCN1CCN(CC(=O)Nc2ccccc2Cl)CC1. The van der Waals surface area contributed by atoms with Crippen molar-refractivity contribution in [2.75, 3.05) is 51.1 Å². The number of nitrogens with two attached hydrogens (primary N) is 1. The van der Waals surface area contributed by atoms with E-state index in [2.05, 4.69) is 15.1 Å². The van der Waals surface area contributed by atoms with E-state index < -0.39 is 0 Å². The molecule has 1 saturated heterocycles. The first-order valence-electron chi connectivity index (χ1n) is 6.88. The molecule has 126 valence electrons. The molecule has 0 aliphatic carbocycles. The number of anilines is 1. The highest BCUT2D eigenvalue weighted by Gasteiger charge is 2.18. The van der Waals surface area contributed by atoms with Gasteiger partial charge in [-0.2, -0.15) is 0 Å². The molecular weight excluding hydrogens is 347 g/mol. The summed E-state index contributed by atoms with van der Waals surface area (Å²) in [6, 6.07) is 7.27. The minimum atomic E-state index is -0.0228. The van der Waals surface area contributed by atoms with Crippen LogP contribution in [0.5, 0.6) is 0 Å². The van der Waals surface area contributed by atoms with Crippen molar-refractivity contribution in [1.29, 1.82) is 0 Å². The Morgan fingerprint density at radius 1 is 1.14 bits per heavy atom. The zero-order valence-electron chi connectivity index (χ0n) is 12.3. The molecule has 1 fully saturated rings. The van der Waals surface area contributed by atoms with E-state index in [4.69, 9.17) is 17.3 Å². The number of rotatable bonds is 5.